The average molecular weight is 302 g/mol. The van der Waals surface area contributed by atoms with Crippen molar-refractivity contribution in [2.45, 2.75) is 13.0 Å². The first-order valence-corrected chi connectivity index (χ1v) is 7.43. The van der Waals surface area contributed by atoms with Gasteiger partial charge in [0.05, 0.1) is 23.1 Å². The van der Waals surface area contributed by atoms with Crippen LogP contribution in [0.5, 0.6) is 0 Å². The Kier molecular flexibility index (Phi) is 2.91. The molecule has 0 bridgehead atoms. The lowest BCUT2D eigenvalue weighted by atomic mass is 9.89. The number of anilines is 1. The molecule has 0 saturated heterocycles. The lowest BCUT2D eigenvalue weighted by molar-refractivity contribution is -0.119. The number of hydrogen-bond acceptors (Lipinski definition) is 3. The number of fused-ring (bicyclic) bond motifs is 3. The maximum Gasteiger partial charge on any atom is 0.246 e. The van der Waals surface area contributed by atoms with E-state index < -0.39 is 5.92 Å². The van der Waals surface area contributed by atoms with Gasteiger partial charge in [0.15, 0.2) is 5.92 Å². The molecule has 5 nitrogen and oxygen atoms in total. The molecule has 0 radical (unpaired) electrons. The molecule has 2 atom stereocenters. The maximum absolute atomic E-state index is 12.4. The summed E-state index contributed by atoms with van der Waals surface area (Å²) in [4.78, 5) is 16.9. The highest BCUT2D eigenvalue weighted by atomic mass is 16.2. The first kappa shape index (κ1) is 13.5. The van der Waals surface area contributed by atoms with Crippen LogP contribution in [0.25, 0.3) is 11.0 Å². The molecule has 0 spiro atoms. The number of nitrogens with one attached hydrogen (secondary N) is 1. The van der Waals surface area contributed by atoms with Crippen molar-refractivity contribution in [3.8, 4) is 6.07 Å². The van der Waals surface area contributed by atoms with Crippen LogP contribution in [0.2, 0.25) is 0 Å². The van der Waals surface area contributed by atoms with Gasteiger partial charge in [0, 0.05) is 0 Å². The third-order valence-electron chi connectivity index (χ3n) is 4.35. The fraction of sp³-hybridized carbons (Fsp3) is 0.167. The van der Waals surface area contributed by atoms with E-state index in [4.69, 9.17) is 0 Å². The Labute approximate surface area is 133 Å². The van der Waals surface area contributed by atoms with Gasteiger partial charge in [-0.3, -0.25) is 10.1 Å². The summed E-state index contributed by atoms with van der Waals surface area (Å²) in [5, 5.41) is 12.3. The summed E-state index contributed by atoms with van der Waals surface area (Å²) in [5.41, 5.74) is 3.74. The lowest BCUT2D eigenvalue weighted by Crippen LogP contribution is -2.37. The zero-order valence-electron chi connectivity index (χ0n) is 12.5. The highest BCUT2D eigenvalue weighted by molar-refractivity contribution is 5.97. The number of benzene rings is 2. The topological polar surface area (TPSA) is 70.7 Å². The second-order valence-corrected chi connectivity index (χ2v) is 5.69. The first-order chi connectivity index (χ1) is 11.2. The number of para-hydroxylation sites is 2. The minimum absolute atomic E-state index is 0.302. The van der Waals surface area contributed by atoms with Gasteiger partial charge in [-0.25, -0.2) is 4.98 Å². The van der Waals surface area contributed by atoms with Crippen LogP contribution in [-0.4, -0.2) is 15.5 Å². The van der Waals surface area contributed by atoms with Crippen LogP contribution in [0.3, 0.4) is 0 Å². The largest absolute Gasteiger partial charge is 0.300 e. The second kappa shape index (κ2) is 4.96. The molecule has 0 saturated carbocycles. The highest BCUT2D eigenvalue weighted by Crippen LogP contribution is 2.38. The molecule has 0 fully saturated rings. The number of aromatic nitrogens is 2. The van der Waals surface area contributed by atoms with Crippen LogP contribution in [0, 0.1) is 24.2 Å². The smallest absolute Gasteiger partial charge is 0.246 e. The average Bonchev–Trinajstić information content (AvgIpc) is 2.92. The number of carbonyl (C=O) groups excluding carboxylic acids is 1. The van der Waals surface area contributed by atoms with Crippen LogP contribution in [0.1, 0.15) is 17.2 Å². The summed E-state index contributed by atoms with van der Waals surface area (Å²) in [6, 6.07) is 17.4. The minimum Gasteiger partial charge on any atom is -0.300 e. The van der Waals surface area contributed by atoms with Gasteiger partial charge < -0.3 is 4.57 Å². The Hall–Kier alpha value is -3.13. The molecule has 4 rings (SSSR count). The Bertz CT molecular complexity index is 967. The molecular formula is C18H14N4O. The van der Waals surface area contributed by atoms with Gasteiger partial charge >= 0.3 is 0 Å². The summed E-state index contributed by atoms with van der Waals surface area (Å²) in [6.07, 6.45) is 0. The van der Waals surface area contributed by atoms with Gasteiger partial charge in [0.25, 0.3) is 0 Å². The summed E-state index contributed by atoms with van der Waals surface area (Å²) in [7, 11) is 0. The molecule has 1 aromatic heterocycles. The molecule has 1 aliphatic rings. The number of rotatable bonds is 1. The fourth-order valence-electron chi connectivity index (χ4n) is 3.26. The minimum atomic E-state index is -0.791. The third-order valence-corrected chi connectivity index (χ3v) is 4.35. The third kappa shape index (κ3) is 1.92. The number of aryl methyl sites for hydroxylation is 1. The number of carbonyl (C=O) groups is 1. The van der Waals surface area contributed by atoms with Crippen molar-refractivity contribution >= 4 is 22.9 Å². The summed E-state index contributed by atoms with van der Waals surface area (Å²) in [6.45, 7) is 2.00. The molecule has 0 aliphatic carbocycles. The number of hydrogen-bond donors (Lipinski definition) is 1. The molecule has 0 unspecified atom stereocenters. The molecule has 2 aromatic carbocycles. The Morgan fingerprint density at radius 1 is 1.17 bits per heavy atom. The lowest BCUT2D eigenvalue weighted by Gasteiger charge is -2.30. The van der Waals surface area contributed by atoms with E-state index in [9.17, 15) is 10.1 Å². The number of nitrogens with zero attached hydrogens (tertiary/aromatic N) is 3. The van der Waals surface area contributed by atoms with Crippen LogP contribution < -0.4 is 5.32 Å². The van der Waals surface area contributed by atoms with Gasteiger partial charge in [0.1, 0.15) is 0 Å². The predicted molar refractivity (Wildman–Crippen MR) is 86.8 cm³/mol. The summed E-state index contributed by atoms with van der Waals surface area (Å²) in [5.74, 6) is -0.597. The Balaban J connectivity index is 2.05. The fourth-order valence-corrected chi connectivity index (χ4v) is 3.26. The van der Waals surface area contributed by atoms with E-state index >= 15 is 0 Å². The highest BCUT2D eigenvalue weighted by Gasteiger charge is 2.39. The Morgan fingerprint density at radius 2 is 1.91 bits per heavy atom. The van der Waals surface area contributed by atoms with E-state index in [1.807, 2.05) is 60.0 Å². The zero-order valence-corrected chi connectivity index (χ0v) is 12.5. The Morgan fingerprint density at radius 3 is 2.70 bits per heavy atom. The maximum atomic E-state index is 12.4. The van der Waals surface area contributed by atoms with Crippen molar-refractivity contribution in [2.24, 2.45) is 5.92 Å². The first-order valence-electron chi connectivity index (χ1n) is 7.43. The van der Waals surface area contributed by atoms with Gasteiger partial charge in [-0.2, -0.15) is 5.26 Å². The SMILES string of the molecule is Cc1ccccc1[C@H]1[C@H](C#N)C(=O)Nc2nc3ccccc3n21. The van der Waals surface area contributed by atoms with Crippen molar-refractivity contribution in [3.05, 3.63) is 59.7 Å². The van der Waals surface area contributed by atoms with Crippen LogP contribution in [0.4, 0.5) is 5.95 Å². The molecule has 3 aromatic rings. The van der Waals surface area contributed by atoms with E-state index in [2.05, 4.69) is 16.4 Å². The van der Waals surface area contributed by atoms with E-state index in [0.717, 1.165) is 22.2 Å². The van der Waals surface area contributed by atoms with Crippen molar-refractivity contribution < 1.29 is 4.79 Å². The van der Waals surface area contributed by atoms with Gasteiger partial charge in [-0.05, 0) is 30.2 Å². The molecule has 1 amide bonds. The van der Waals surface area contributed by atoms with Crippen molar-refractivity contribution in [2.75, 3.05) is 5.32 Å². The second-order valence-electron chi connectivity index (χ2n) is 5.69. The van der Waals surface area contributed by atoms with Crippen molar-refractivity contribution in [1.29, 1.82) is 5.26 Å². The van der Waals surface area contributed by atoms with E-state index in [-0.39, 0.29) is 11.9 Å². The van der Waals surface area contributed by atoms with Crippen LogP contribution >= 0.6 is 0 Å². The van der Waals surface area contributed by atoms with Crippen molar-refractivity contribution in [3.63, 3.8) is 0 Å². The monoisotopic (exact) mass is 302 g/mol. The molecule has 1 N–H and O–H groups in total. The molecular weight excluding hydrogens is 288 g/mol. The van der Waals surface area contributed by atoms with Crippen molar-refractivity contribution in [1.82, 2.24) is 9.55 Å². The van der Waals surface area contributed by atoms with E-state index in [0.29, 0.717) is 5.95 Å². The molecule has 23 heavy (non-hydrogen) atoms. The van der Waals surface area contributed by atoms with Crippen LogP contribution in [-0.2, 0) is 4.79 Å². The number of amides is 1. The molecule has 1 aliphatic heterocycles. The quantitative estimate of drug-likeness (QED) is 0.751. The zero-order chi connectivity index (χ0) is 16.0. The summed E-state index contributed by atoms with van der Waals surface area (Å²) >= 11 is 0. The summed E-state index contributed by atoms with van der Waals surface area (Å²) < 4.78 is 1.97. The van der Waals surface area contributed by atoms with Gasteiger partial charge in [-0.15, -0.1) is 0 Å². The van der Waals surface area contributed by atoms with E-state index in [1.165, 1.54) is 0 Å². The van der Waals surface area contributed by atoms with E-state index in [1.54, 1.807) is 0 Å². The molecule has 2 heterocycles. The number of nitriles is 1. The van der Waals surface area contributed by atoms with Crippen LogP contribution in [0.15, 0.2) is 48.5 Å². The number of imidazole rings is 1. The standard InChI is InChI=1S/C18H14N4O/c1-11-6-2-3-7-12(11)16-13(10-19)17(23)21-18-20-14-8-4-5-9-15(14)22(16)18/h2-9,13,16H,1H3,(H,20,21,23)/t13-,16-/m0/s1. The van der Waals surface area contributed by atoms with Gasteiger partial charge in [0.2, 0.25) is 11.9 Å². The molecule has 112 valence electrons. The normalized spacial score (nSPS) is 19.9. The predicted octanol–water partition coefficient (Wildman–Crippen LogP) is 3.03. The van der Waals surface area contributed by atoms with Gasteiger partial charge in [-0.1, -0.05) is 36.4 Å². The molecule has 5 heteroatoms.